The molecular formula is C11H22N2O3. The van der Waals surface area contributed by atoms with E-state index >= 15 is 0 Å². The third-order valence-electron chi connectivity index (χ3n) is 2.82. The second kappa shape index (κ2) is 6.06. The maximum atomic E-state index is 11.6. The topological polar surface area (TPSA) is 75.8 Å². The van der Waals surface area contributed by atoms with E-state index < -0.39 is 6.10 Å². The smallest absolute Gasteiger partial charge is 0.409 e. The molecule has 1 saturated heterocycles. The Morgan fingerprint density at radius 2 is 2.31 bits per heavy atom. The van der Waals surface area contributed by atoms with Crippen LogP contribution in [0.2, 0.25) is 0 Å². The second-order valence-electron chi connectivity index (χ2n) is 4.77. The molecule has 1 aliphatic heterocycles. The standard InChI is InChI=1S/C11H22N2O3/c1-8(2)7-16-11(15)13-4-3-9(5-12)10(14)6-13/h8-10,14H,3-7,12H2,1-2H3/t9?,10-/m1/s1. The first-order valence-electron chi connectivity index (χ1n) is 5.84. The highest BCUT2D eigenvalue weighted by Crippen LogP contribution is 2.17. The first-order chi connectivity index (χ1) is 7.54. The number of ether oxygens (including phenoxy) is 1. The molecule has 16 heavy (non-hydrogen) atoms. The monoisotopic (exact) mass is 230 g/mol. The number of hydrogen-bond acceptors (Lipinski definition) is 4. The van der Waals surface area contributed by atoms with Crippen molar-refractivity contribution in [2.45, 2.75) is 26.4 Å². The van der Waals surface area contributed by atoms with E-state index in [1.54, 1.807) is 4.90 Å². The number of rotatable bonds is 3. The molecule has 5 heteroatoms. The molecule has 0 saturated carbocycles. The number of hydrogen-bond donors (Lipinski definition) is 2. The fourth-order valence-electron chi connectivity index (χ4n) is 1.75. The van der Waals surface area contributed by atoms with Crippen LogP contribution in [0, 0.1) is 11.8 Å². The number of β-amino-alcohol motifs (C(OH)–C–C–N with tert-alkyl or cyclic N) is 1. The van der Waals surface area contributed by atoms with Crippen LogP contribution in [-0.2, 0) is 4.74 Å². The molecule has 5 nitrogen and oxygen atoms in total. The van der Waals surface area contributed by atoms with Crippen LogP contribution in [0.25, 0.3) is 0 Å². The van der Waals surface area contributed by atoms with Gasteiger partial charge in [0.2, 0.25) is 0 Å². The van der Waals surface area contributed by atoms with E-state index in [1.165, 1.54) is 0 Å². The number of carbonyl (C=O) groups is 1. The molecule has 0 aromatic carbocycles. The Morgan fingerprint density at radius 3 is 2.81 bits per heavy atom. The minimum atomic E-state index is -0.523. The molecule has 1 fully saturated rings. The van der Waals surface area contributed by atoms with Crippen molar-refractivity contribution in [1.82, 2.24) is 4.90 Å². The zero-order valence-electron chi connectivity index (χ0n) is 10.1. The summed E-state index contributed by atoms with van der Waals surface area (Å²) in [5, 5.41) is 9.74. The van der Waals surface area contributed by atoms with Gasteiger partial charge in [0.1, 0.15) is 0 Å². The van der Waals surface area contributed by atoms with Crippen molar-refractivity contribution >= 4 is 6.09 Å². The van der Waals surface area contributed by atoms with Crippen molar-refractivity contribution < 1.29 is 14.6 Å². The number of nitrogens with two attached hydrogens (primary N) is 1. The molecule has 0 radical (unpaired) electrons. The molecule has 2 atom stereocenters. The van der Waals surface area contributed by atoms with Crippen molar-refractivity contribution in [2.24, 2.45) is 17.6 Å². The molecule has 0 aromatic heterocycles. The molecule has 3 N–H and O–H groups in total. The average molecular weight is 230 g/mol. The van der Waals surface area contributed by atoms with Gasteiger partial charge in [0, 0.05) is 12.5 Å². The normalized spacial score (nSPS) is 25.9. The second-order valence-corrected chi connectivity index (χ2v) is 4.77. The van der Waals surface area contributed by atoms with E-state index in [4.69, 9.17) is 10.5 Å². The summed E-state index contributed by atoms with van der Waals surface area (Å²) < 4.78 is 5.10. The van der Waals surface area contributed by atoms with Crippen LogP contribution in [0.15, 0.2) is 0 Å². The first-order valence-corrected chi connectivity index (χ1v) is 5.84. The summed E-state index contributed by atoms with van der Waals surface area (Å²) in [6, 6.07) is 0. The summed E-state index contributed by atoms with van der Waals surface area (Å²) in [4.78, 5) is 13.2. The van der Waals surface area contributed by atoms with E-state index in [-0.39, 0.29) is 12.0 Å². The predicted octanol–water partition coefficient (Wildman–Crippen LogP) is 0.421. The molecule has 0 aliphatic carbocycles. The van der Waals surface area contributed by atoms with Crippen LogP contribution in [0.3, 0.4) is 0 Å². The fourth-order valence-corrected chi connectivity index (χ4v) is 1.75. The van der Waals surface area contributed by atoms with E-state index in [9.17, 15) is 9.90 Å². The first kappa shape index (κ1) is 13.3. The largest absolute Gasteiger partial charge is 0.449 e. The molecule has 0 bridgehead atoms. The summed E-state index contributed by atoms with van der Waals surface area (Å²) in [5.74, 6) is 0.435. The van der Waals surface area contributed by atoms with Crippen molar-refractivity contribution in [3.8, 4) is 0 Å². The SMILES string of the molecule is CC(C)COC(=O)N1CCC(CN)[C@H](O)C1. The zero-order valence-corrected chi connectivity index (χ0v) is 10.1. The van der Waals surface area contributed by atoms with Crippen molar-refractivity contribution in [2.75, 3.05) is 26.2 Å². The Labute approximate surface area is 96.6 Å². The van der Waals surface area contributed by atoms with Gasteiger partial charge in [0.15, 0.2) is 0 Å². The molecule has 0 aromatic rings. The molecule has 1 amide bonds. The summed E-state index contributed by atoms with van der Waals surface area (Å²) in [6.45, 7) is 5.82. The quantitative estimate of drug-likeness (QED) is 0.736. The highest BCUT2D eigenvalue weighted by Gasteiger charge is 2.29. The minimum absolute atomic E-state index is 0.106. The van der Waals surface area contributed by atoms with Crippen molar-refractivity contribution in [3.05, 3.63) is 0 Å². The van der Waals surface area contributed by atoms with Crippen LogP contribution < -0.4 is 5.73 Å². The maximum Gasteiger partial charge on any atom is 0.409 e. The van der Waals surface area contributed by atoms with Crippen molar-refractivity contribution in [3.63, 3.8) is 0 Å². The molecule has 0 spiro atoms. The summed E-state index contributed by atoms with van der Waals surface area (Å²) in [5.41, 5.74) is 5.52. The van der Waals surface area contributed by atoms with Gasteiger partial charge in [-0.2, -0.15) is 0 Å². The van der Waals surface area contributed by atoms with Gasteiger partial charge in [-0.3, -0.25) is 0 Å². The Bertz CT molecular complexity index is 233. The lowest BCUT2D eigenvalue weighted by atomic mass is 9.94. The van der Waals surface area contributed by atoms with Gasteiger partial charge in [-0.05, 0) is 18.9 Å². The lowest BCUT2D eigenvalue weighted by Crippen LogP contribution is -2.48. The van der Waals surface area contributed by atoms with Crippen LogP contribution in [0.1, 0.15) is 20.3 Å². The number of aliphatic hydroxyl groups excluding tert-OH is 1. The summed E-state index contributed by atoms with van der Waals surface area (Å²) >= 11 is 0. The molecule has 1 rings (SSSR count). The number of likely N-dealkylation sites (tertiary alicyclic amines) is 1. The molecule has 1 aliphatic rings. The summed E-state index contributed by atoms with van der Waals surface area (Å²) in [6.07, 6.45) is -0.109. The van der Waals surface area contributed by atoms with Crippen LogP contribution in [0.5, 0.6) is 0 Å². The highest BCUT2D eigenvalue weighted by molar-refractivity contribution is 5.67. The van der Waals surface area contributed by atoms with Crippen LogP contribution in [0.4, 0.5) is 4.79 Å². The molecular weight excluding hydrogens is 208 g/mol. The number of piperidine rings is 1. The number of carbonyl (C=O) groups excluding carboxylic acids is 1. The zero-order chi connectivity index (χ0) is 12.1. The lowest BCUT2D eigenvalue weighted by molar-refractivity contribution is 0.0158. The summed E-state index contributed by atoms with van der Waals surface area (Å²) in [7, 11) is 0. The van der Waals surface area contributed by atoms with Crippen molar-refractivity contribution in [1.29, 1.82) is 0 Å². The fraction of sp³-hybridized carbons (Fsp3) is 0.909. The van der Waals surface area contributed by atoms with Crippen LogP contribution >= 0.6 is 0 Å². The van der Waals surface area contributed by atoms with Gasteiger partial charge in [0.05, 0.1) is 19.3 Å². The van der Waals surface area contributed by atoms with Gasteiger partial charge < -0.3 is 20.5 Å². The number of aliphatic hydroxyl groups is 1. The van der Waals surface area contributed by atoms with Gasteiger partial charge >= 0.3 is 6.09 Å². The Kier molecular flexibility index (Phi) is 5.02. The van der Waals surface area contributed by atoms with Gasteiger partial charge in [0.25, 0.3) is 0 Å². The van der Waals surface area contributed by atoms with Gasteiger partial charge in [-0.1, -0.05) is 13.8 Å². The third-order valence-corrected chi connectivity index (χ3v) is 2.82. The van der Waals surface area contributed by atoms with Gasteiger partial charge in [-0.15, -0.1) is 0 Å². The van der Waals surface area contributed by atoms with E-state index in [0.717, 1.165) is 6.42 Å². The maximum absolute atomic E-state index is 11.6. The van der Waals surface area contributed by atoms with Gasteiger partial charge in [-0.25, -0.2) is 4.79 Å². The predicted molar refractivity (Wildman–Crippen MR) is 60.9 cm³/mol. The van der Waals surface area contributed by atoms with E-state index in [2.05, 4.69) is 0 Å². The molecule has 1 unspecified atom stereocenters. The molecule has 1 heterocycles. The minimum Gasteiger partial charge on any atom is -0.449 e. The van der Waals surface area contributed by atoms with E-state index in [0.29, 0.717) is 32.2 Å². The Hall–Kier alpha value is -0.810. The van der Waals surface area contributed by atoms with E-state index in [1.807, 2.05) is 13.8 Å². The average Bonchev–Trinajstić information content (AvgIpc) is 2.25. The Balaban J connectivity index is 2.36. The Morgan fingerprint density at radius 1 is 1.62 bits per heavy atom. The number of amides is 1. The molecule has 94 valence electrons. The highest BCUT2D eigenvalue weighted by atomic mass is 16.6. The lowest BCUT2D eigenvalue weighted by Gasteiger charge is -2.34. The van der Waals surface area contributed by atoms with Crippen LogP contribution in [-0.4, -0.2) is 48.4 Å². The number of nitrogens with zero attached hydrogens (tertiary/aromatic N) is 1. The third kappa shape index (κ3) is 3.64.